The number of amides is 2. The number of aromatic nitrogens is 2. The molecule has 2 heterocycles. The fourth-order valence-corrected chi connectivity index (χ4v) is 5.50. The summed E-state index contributed by atoms with van der Waals surface area (Å²) in [6.45, 7) is 1.03. The zero-order valence-electron chi connectivity index (χ0n) is 15.5. The number of anilines is 1. The Morgan fingerprint density at radius 3 is 2.50 bits per heavy atom. The Hall–Kier alpha value is -2.55. The van der Waals surface area contributed by atoms with E-state index >= 15 is 0 Å². The molecule has 2 amide bonds. The molecule has 0 fully saturated rings. The van der Waals surface area contributed by atoms with Crippen LogP contribution in [0.1, 0.15) is 41.5 Å². The molecule has 0 bridgehead atoms. The average molecular weight is 402 g/mol. The molecule has 2 aromatic rings. The molecule has 8 nitrogen and oxygen atoms in total. The summed E-state index contributed by atoms with van der Waals surface area (Å²) in [4.78, 5) is 12.5. The second-order valence-electron chi connectivity index (χ2n) is 7.53. The Morgan fingerprint density at radius 2 is 1.79 bits per heavy atom. The van der Waals surface area contributed by atoms with Crippen LogP contribution in [-0.4, -0.2) is 30.8 Å². The molecule has 28 heavy (non-hydrogen) atoms. The summed E-state index contributed by atoms with van der Waals surface area (Å²) in [5.41, 5.74) is 5.66. The van der Waals surface area contributed by atoms with Gasteiger partial charge in [0, 0.05) is 18.7 Å². The Kier molecular flexibility index (Phi) is 4.08. The Balaban J connectivity index is 1.41. The number of sulfonamides is 1. The predicted octanol–water partition coefficient (Wildman–Crippen LogP) is 2.15. The van der Waals surface area contributed by atoms with Crippen LogP contribution >= 0.6 is 0 Å². The van der Waals surface area contributed by atoms with Crippen molar-refractivity contribution < 1.29 is 17.9 Å². The molecule has 0 radical (unpaired) electrons. The van der Waals surface area contributed by atoms with Crippen molar-refractivity contribution in [1.29, 1.82) is 0 Å². The Labute approximate surface area is 163 Å². The van der Waals surface area contributed by atoms with Crippen molar-refractivity contribution in [3.8, 4) is 5.88 Å². The zero-order chi connectivity index (χ0) is 19.3. The Morgan fingerprint density at radius 1 is 1.07 bits per heavy atom. The van der Waals surface area contributed by atoms with Crippen molar-refractivity contribution >= 4 is 21.7 Å². The first-order valence-electron chi connectivity index (χ1n) is 9.72. The number of nitrogens with one attached hydrogen (secondary N) is 2. The normalized spacial score (nSPS) is 17.4. The molecule has 1 aliphatic heterocycles. The number of fused-ring (bicyclic) bond motifs is 3. The van der Waals surface area contributed by atoms with Crippen LogP contribution in [0.15, 0.2) is 17.2 Å². The number of nitrogens with zero attached hydrogens (tertiary/aromatic N) is 2. The highest BCUT2D eigenvalue weighted by molar-refractivity contribution is 7.90. The van der Waals surface area contributed by atoms with Gasteiger partial charge in [-0.25, -0.2) is 22.6 Å². The van der Waals surface area contributed by atoms with Crippen LogP contribution in [0.2, 0.25) is 0 Å². The van der Waals surface area contributed by atoms with Crippen molar-refractivity contribution in [2.45, 2.75) is 56.4 Å². The summed E-state index contributed by atoms with van der Waals surface area (Å²) in [5, 5.41) is 6.89. The number of benzene rings is 1. The van der Waals surface area contributed by atoms with Crippen molar-refractivity contribution in [3.63, 3.8) is 0 Å². The molecule has 9 heteroatoms. The summed E-state index contributed by atoms with van der Waals surface area (Å²) in [7, 11) is -4.08. The summed E-state index contributed by atoms with van der Waals surface area (Å²) in [6.07, 6.45) is 7.97. The summed E-state index contributed by atoms with van der Waals surface area (Å²) in [5.74, 6) is 0.188. The van der Waals surface area contributed by atoms with Crippen LogP contribution < -0.4 is 14.8 Å². The summed E-state index contributed by atoms with van der Waals surface area (Å²) < 4.78 is 34.5. The van der Waals surface area contributed by atoms with Gasteiger partial charge in [-0.05, 0) is 60.8 Å². The van der Waals surface area contributed by atoms with E-state index < -0.39 is 16.1 Å². The SMILES string of the molecule is O=C(Nc1c2c(cc3c1CCC3)CCC2)NS(=O)(=O)c1cnn2c1OCCC2. The van der Waals surface area contributed by atoms with E-state index in [9.17, 15) is 13.2 Å². The third-order valence-corrected chi connectivity index (χ3v) is 7.05. The van der Waals surface area contributed by atoms with Gasteiger partial charge in [-0.2, -0.15) is 5.10 Å². The van der Waals surface area contributed by atoms with Crippen LogP contribution in [-0.2, 0) is 42.3 Å². The number of urea groups is 1. The Bertz CT molecular complexity index is 1040. The first kappa shape index (κ1) is 17.5. The van der Waals surface area contributed by atoms with E-state index in [1.807, 2.05) is 0 Å². The minimum Gasteiger partial charge on any atom is -0.477 e. The van der Waals surface area contributed by atoms with Gasteiger partial charge in [-0.3, -0.25) is 0 Å². The maximum absolute atomic E-state index is 12.7. The molecule has 2 aliphatic carbocycles. The van der Waals surface area contributed by atoms with Gasteiger partial charge >= 0.3 is 6.03 Å². The largest absolute Gasteiger partial charge is 0.477 e. The number of carbonyl (C=O) groups is 1. The smallest absolute Gasteiger partial charge is 0.333 e. The van der Waals surface area contributed by atoms with Gasteiger partial charge in [0.1, 0.15) is 0 Å². The maximum atomic E-state index is 12.7. The van der Waals surface area contributed by atoms with E-state index in [2.05, 4.69) is 21.2 Å². The van der Waals surface area contributed by atoms with Crippen LogP contribution in [0.3, 0.4) is 0 Å². The number of ether oxygens (including phenoxy) is 1. The molecule has 1 aromatic heterocycles. The van der Waals surface area contributed by atoms with Crippen LogP contribution in [0.5, 0.6) is 5.88 Å². The fraction of sp³-hybridized carbons (Fsp3) is 0.474. The number of aryl methyl sites for hydroxylation is 3. The van der Waals surface area contributed by atoms with Gasteiger partial charge in [0.05, 0.1) is 12.8 Å². The summed E-state index contributed by atoms with van der Waals surface area (Å²) >= 11 is 0. The molecule has 0 unspecified atom stereocenters. The van der Waals surface area contributed by atoms with Gasteiger partial charge in [0.25, 0.3) is 10.0 Å². The van der Waals surface area contributed by atoms with E-state index in [0.29, 0.717) is 13.2 Å². The van der Waals surface area contributed by atoms with Gasteiger partial charge in [-0.15, -0.1) is 0 Å². The van der Waals surface area contributed by atoms with Gasteiger partial charge < -0.3 is 10.1 Å². The highest BCUT2D eigenvalue weighted by Crippen LogP contribution is 2.38. The molecule has 0 spiro atoms. The highest BCUT2D eigenvalue weighted by atomic mass is 32.2. The minimum absolute atomic E-state index is 0.106. The van der Waals surface area contributed by atoms with Crippen molar-refractivity contribution in [1.82, 2.24) is 14.5 Å². The molecule has 5 rings (SSSR count). The number of hydrogen-bond donors (Lipinski definition) is 2. The second-order valence-corrected chi connectivity index (χ2v) is 9.18. The van der Waals surface area contributed by atoms with Gasteiger partial charge in [-0.1, -0.05) is 6.07 Å². The van der Waals surface area contributed by atoms with E-state index in [1.165, 1.54) is 22.0 Å². The standard InChI is InChI=1S/C19H22N4O4S/c24-19(22-28(25,26)16-11-20-23-8-3-9-27-18(16)23)21-17-14-6-1-4-12(14)10-13-5-2-7-15(13)17/h10-11H,1-9H2,(H2,21,22,24). The zero-order valence-corrected chi connectivity index (χ0v) is 16.3. The first-order valence-corrected chi connectivity index (χ1v) is 11.2. The van der Waals surface area contributed by atoms with Crippen molar-refractivity contribution in [2.75, 3.05) is 11.9 Å². The third-order valence-electron chi connectivity index (χ3n) is 5.74. The summed E-state index contributed by atoms with van der Waals surface area (Å²) in [6, 6.07) is 1.52. The molecule has 2 N–H and O–H groups in total. The quantitative estimate of drug-likeness (QED) is 0.819. The van der Waals surface area contributed by atoms with Crippen LogP contribution in [0.4, 0.5) is 10.5 Å². The second kappa shape index (κ2) is 6.51. The molecule has 3 aliphatic rings. The lowest BCUT2D eigenvalue weighted by Crippen LogP contribution is -2.35. The van der Waals surface area contributed by atoms with Gasteiger partial charge in [0.2, 0.25) is 5.88 Å². The van der Waals surface area contributed by atoms with E-state index in [1.54, 1.807) is 0 Å². The van der Waals surface area contributed by atoms with Crippen molar-refractivity contribution in [3.05, 3.63) is 34.5 Å². The topological polar surface area (TPSA) is 102 Å². The first-order chi connectivity index (χ1) is 13.5. The maximum Gasteiger partial charge on any atom is 0.333 e. The predicted molar refractivity (Wildman–Crippen MR) is 102 cm³/mol. The molecule has 148 valence electrons. The lowest BCUT2D eigenvalue weighted by Gasteiger charge is -2.17. The van der Waals surface area contributed by atoms with Crippen LogP contribution in [0, 0.1) is 0 Å². The fourth-order valence-electron chi connectivity index (χ4n) is 4.51. The molecular formula is C19H22N4O4S. The molecule has 0 saturated carbocycles. The van der Waals surface area contributed by atoms with Crippen molar-refractivity contribution in [2.24, 2.45) is 0 Å². The number of rotatable bonds is 3. The van der Waals surface area contributed by atoms with Crippen LogP contribution in [0.25, 0.3) is 0 Å². The van der Waals surface area contributed by atoms with E-state index in [4.69, 9.17) is 4.74 Å². The van der Waals surface area contributed by atoms with E-state index in [-0.39, 0.29) is 10.8 Å². The molecule has 0 saturated heterocycles. The molecular weight excluding hydrogens is 380 g/mol. The molecule has 1 aromatic carbocycles. The molecule has 0 atom stereocenters. The number of carbonyl (C=O) groups excluding carboxylic acids is 1. The monoisotopic (exact) mass is 402 g/mol. The lowest BCUT2D eigenvalue weighted by atomic mass is 9.99. The number of hydrogen-bond acceptors (Lipinski definition) is 5. The minimum atomic E-state index is -4.08. The highest BCUT2D eigenvalue weighted by Gasteiger charge is 2.30. The average Bonchev–Trinajstić information content (AvgIpc) is 3.39. The lowest BCUT2D eigenvalue weighted by molar-refractivity contribution is 0.224. The van der Waals surface area contributed by atoms with E-state index in [0.717, 1.165) is 61.8 Å². The third kappa shape index (κ3) is 2.85. The van der Waals surface area contributed by atoms with Gasteiger partial charge in [0.15, 0.2) is 4.90 Å².